The summed E-state index contributed by atoms with van der Waals surface area (Å²) in [5, 5.41) is 12.6. The van der Waals surface area contributed by atoms with Crippen LogP contribution in [0, 0.1) is 11.3 Å². The molecule has 0 aliphatic rings. The van der Waals surface area contributed by atoms with Crippen LogP contribution in [0.3, 0.4) is 0 Å². The van der Waals surface area contributed by atoms with Crippen molar-refractivity contribution in [3.8, 4) is 6.07 Å². The molecule has 2 N–H and O–H groups in total. The molecule has 0 unspecified atom stereocenters. The summed E-state index contributed by atoms with van der Waals surface area (Å²) in [6.07, 6.45) is 0. The topological polar surface area (TPSA) is 82.0 Å². The first-order valence-electron chi connectivity index (χ1n) is 6.43. The molecule has 2 aromatic rings. The Morgan fingerprint density at radius 2 is 1.95 bits per heavy atom. The van der Waals surface area contributed by atoms with Crippen LogP contribution >= 0.6 is 11.6 Å². The molecule has 114 valence electrons. The van der Waals surface area contributed by atoms with E-state index in [0.717, 1.165) is 0 Å². The van der Waals surface area contributed by atoms with Crippen LogP contribution < -0.4 is 10.0 Å². The number of hydrogen-bond donors (Lipinski definition) is 2. The zero-order valence-corrected chi connectivity index (χ0v) is 13.4. The zero-order valence-electron chi connectivity index (χ0n) is 11.8. The summed E-state index contributed by atoms with van der Waals surface area (Å²) in [5.74, 6) is 0. The van der Waals surface area contributed by atoms with Gasteiger partial charge in [0.15, 0.2) is 0 Å². The third kappa shape index (κ3) is 3.57. The number of anilines is 1. The maximum absolute atomic E-state index is 12.0. The minimum Gasteiger partial charge on any atom is -0.380 e. The Balaban J connectivity index is 2.31. The molecule has 5 nitrogen and oxygen atoms in total. The lowest BCUT2D eigenvalue weighted by Gasteiger charge is -2.12. The number of sulfonamides is 1. The molecule has 0 radical (unpaired) electrons. The smallest absolute Gasteiger partial charge is 0.240 e. The quantitative estimate of drug-likeness (QED) is 0.880. The molecule has 0 aliphatic heterocycles. The molecule has 2 aromatic carbocycles. The standard InChI is InChI=1S/C15H14ClN3O2S/c1-18-22(20,21)15-5-3-2-4-12(15)10-19-14-8-13(16)7-6-11(14)9-17/h2-8,18-19H,10H2,1H3. The van der Waals surface area contributed by atoms with Crippen molar-refractivity contribution < 1.29 is 8.42 Å². The van der Waals surface area contributed by atoms with Crippen molar-refractivity contribution in [3.05, 3.63) is 58.6 Å². The molecule has 7 heteroatoms. The number of nitriles is 1. The first-order valence-corrected chi connectivity index (χ1v) is 8.29. The predicted octanol–water partition coefficient (Wildman–Crippen LogP) is 2.73. The number of nitrogens with zero attached hydrogens (tertiary/aromatic N) is 1. The summed E-state index contributed by atoms with van der Waals surface area (Å²) >= 11 is 5.93. The monoisotopic (exact) mass is 335 g/mol. The van der Waals surface area contributed by atoms with Crippen molar-refractivity contribution in [3.63, 3.8) is 0 Å². The molecule has 0 amide bonds. The van der Waals surface area contributed by atoms with E-state index in [2.05, 4.69) is 16.1 Å². The normalized spacial score (nSPS) is 11.0. The average molecular weight is 336 g/mol. The SMILES string of the molecule is CNS(=O)(=O)c1ccccc1CNc1cc(Cl)ccc1C#N. The molecule has 0 saturated heterocycles. The molecular formula is C15H14ClN3O2S. The van der Waals surface area contributed by atoms with E-state index in [1.54, 1.807) is 36.4 Å². The number of halogens is 1. The number of nitrogens with one attached hydrogen (secondary N) is 2. The van der Waals surface area contributed by atoms with Crippen LogP contribution in [0.2, 0.25) is 5.02 Å². The third-order valence-electron chi connectivity index (χ3n) is 3.10. The minimum absolute atomic E-state index is 0.200. The number of hydrogen-bond acceptors (Lipinski definition) is 4. The maximum Gasteiger partial charge on any atom is 0.240 e. The highest BCUT2D eigenvalue weighted by molar-refractivity contribution is 7.89. The van der Waals surface area contributed by atoms with Gasteiger partial charge in [-0.1, -0.05) is 29.8 Å². The summed E-state index contributed by atoms with van der Waals surface area (Å²) < 4.78 is 26.3. The Bertz CT molecular complexity index is 829. The van der Waals surface area contributed by atoms with E-state index in [1.165, 1.54) is 13.1 Å². The summed E-state index contributed by atoms with van der Waals surface area (Å²) in [6.45, 7) is 0.256. The van der Waals surface area contributed by atoms with Crippen molar-refractivity contribution in [1.29, 1.82) is 5.26 Å². The second-order valence-electron chi connectivity index (χ2n) is 4.47. The molecule has 0 atom stereocenters. The summed E-state index contributed by atoms with van der Waals surface area (Å²) in [5.41, 5.74) is 1.60. The van der Waals surface area contributed by atoms with Gasteiger partial charge in [0.2, 0.25) is 10.0 Å². The van der Waals surface area contributed by atoms with Crippen molar-refractivity contribution in [1.82, 2.24) is 4.72 Å². The Morgan fingerprint density at radius 1 is 1.23 bits per heavy atom. The molecular weight excluding hydrogens is 322 g/mol. The Labute approximate surface area is 134 Å². The van der Waals surface area contributed by atoms with Gasteiger partial charge in [-0.05, 0) is 36.9 Å². The van der Waals surface area contributed by atoms with Gasteiger partial charge < -0.3 is 5.32 Å². The van der Waals surface area contributed by atoms with E-state index in [-0.39, 0.29) is 11.4 Å². The van der Waals surface area contributed by atoms with Crippen LogP contribution in [0.5, 0.6) is 0 Å². The van der Waals surface area contributed by atoms with Gasteiger partial charge in [-0.2, -0.15) is 5.26 Å². The van der Waals surface area contributed by atoms with Gasteiger partial charge in [-0.3, -0.25) is 0 Å². The van der Waals surface area contributed by atoms with E-state index in [4.69, 9.17) is 16.9 Å². The molecule has 0 aliphatic carbocycles. The molecule has 0 heterocycles. The van der Waals surface area contributed by atoms with E-state index >= 15 is 0 Å². The molecule has 0 spiro atoms. The lowest BCUT2D eigenvalue weighted by Crippen LogP contribution is -2.20. The molecule has 2 rings (SSSR count). The van der Waals surface area contributed by atoms with Gasteiger partial charge in [0.1, 0.15) is 6.07 Å². The highest BCUT2D eigenvalue weighted by atomic mass is 35.5. The minimum atomic E-state index is -3.54. The van der Waals surface area contributed by atoms with E-state index in [9.17, 15) is 8.42 Å². The molecule has 0 aromatic heterocycles. The van der Waals surface area contributed by atoms with Crippen molar-refractivity contribution in [2.24, 2.45) is 0 Å². The molecule has 0 fully saturated rings. The maximum atomic E-state index is 12.0. The fourth-order valence-corrected chi connectivity index (χ4v) is 3.11. The Morgan fingerprint density at radius 3 is 2.64 bits per heavy atom. The van der Waals surface area contributed by atoms with Crippen LogP contribution in [-0.2, 0) is 16.6 Å². The summed E-state index contributed by atoms with van der Waals surface area (Å²) in [7, 11) is -2.17. The number of rotatable bonds is 5. The van der Waals surface area contributed by atoms with Crippen LogP contribution in [0.25, 0.3) is 0 Å². The average Bonchev–Trinajstić information content (AvgIpc) is 2.53. The molecule has 0 saturated carbocycles. The first-order chi connectivity index (χ1) is 10.5. The van der Waals surface area contributed by atoms with Crippen molar-refractivity contribution >= 4 is 27.3 Å². The van der Waals surface area contributed by atoms with Crippen LogP contribution in [0.15, 0.2) is 47.4 Å². The second-order valence-corrected chi connectivity index (χ2v) is 6.76. The fourth-order valence-electron chi connectivity index (χ4n) is 1.97. The van der Waals surface area contributed by atoms with Gasteiger partial charge in [0, 0.05) is 11.6 Å². The number of benzene rings is 2. The molecule has 0 bridgehead atoms. The van der Waals surface area contributed by atoms with E-state index < -0.39 is 10.0 Å². The Hall–Kier alpha value is -2.07. The third-order valence-corrected chi connectivity index (χ3v) is 4.85. The van der Waals surface area contributed by atoms with Gasteiger partial charge in [-0.15, -0.1) is 0 Å². The lowest BCUT2D eigenvalue weighted by molar-refractivity contribution is 0.587. The van der Waals surface area contributed by atoms with E-state index in [0.29, 0.717) is 21.8 Å². The van der Waals surface area contributed by atoms with Crippen LogP contribution in [-0.4, -0.2) is 15.5 Å². The summed E-state index contributed by atoms with van der Waals surface area (Å²) in [4.78, 5) is 0.200. The van der Waals surface area contributed by atoms with Gasteiger partial charge in [0.05, 0.1) is 16.1 Å². The largest absolute Gasteiger partial charge is 0.380 e. The van der Waals surface area contributed by atoms with Crippen LogP contribution in [0.4, 0.5) is 5.69 Å². The van der Waals surface area contributed by atoms with Crippen molar-refractivity contribution in [2.45, 2.75) is 11.4 Å². The fraction of sp³-hybridized carbons (Fsp3) is 0.133. The second kappa shape index (κ2) is 6.79. The van der Waals surface area contributed by atoms with Gasteiger partial charge in [0.25, 0.3) is 0 Å². The lowest BCUT2D eigenvalue weighted by atomic mass is 10.1. The van der Waals surface area contributed by atoms with Crippen LogP contribution in [0.1, 0.15) is 11.1 Å². The van der Waals surface area contributed by atoms with Gasteiger partial charge in [-0.25, -0.2) is 13.1 Å². The highest BCUT2D eigenvalue weighted by Gasteiger charge is 2.15. The van der Waals surface area contributed by atoms with E-state index in [1.807, 2.05) is 0 Å². The van der Waals surface area contributed by atoms with Gasteiger partial charge >= 0.3 is 0 Å². The predicted molar refractivity (Wildman–Crippen MR) is 86.2 cm³/mol. The molecule has 22 heavy (non-hydrogen) atoms. The first kappa shape index (κ1) is 16.3. The zero-order chi connectivity index (χ0) is 16.2. The Kier molecular flexibility index (Phi) is 5.03. The van der Waals surface area contributed by atoms with Crippen molar-refractivity contribution in [2.75, 3.05) is 12.4 Å². The highest BCUT2D eigenvalue weighted by Crippen LogP contribution is 2.22. The summed E-state index contributed by atoms with van der Waals surface area (Å²) in [6, 6.07) is 13.6.